The second-order valence-corrected chi connectivity index (χ2v) is 6.46. The lowest BCUT2D eigenvalue weighted by Gasteiger charge is -2.10. The fraction of sp³-hybridized carbons (Fsp3) is 0.238. The molecule has 0 bridgehead atoms. The molecule has 0 atom stereocenters. The molecule has 3 aromatic rings. The first kappa shape index (κ1) is 19.8. The number of halogens is 1. The van der Waals surface area contributed by atoms with Crippen LogP contribution in [0.2, 0.25) is 0 Å². The van der Waals surface area contributed by atoms with Crippen molar-refractivity contribution >= 4 is 17.6 Å². The van der Waals surface area contributed by atoms with E-state index < -0.39 is 5.97 Å². The van der Waals surface area contributed by atoms with Crippen LogP contribution in [-0.4, -0.2) is 23.2 Å². The summed E-state index contributed by atoms with van der Waals surface area (Å²) in [5.74, 6) is 1.84. The highest BCUT2D eigenvalue weighted by Crippen LogP contribution is 2.30. The van der Waals surface area contributed by atoms with Crippen molar-refractivity contribution in [2.75, 3.05) is 7.11 Å². The minimum Gasteiger partial charge on any atom is -0.493 e. The summed E-state index contributed by atoms with van der Waals surface area (Å²) in [5, 5.41) is 8.85. The summed E-state index contributed by atoms with van der Waals surface area (Å²) in [7, 11) is 1.58. The fourth-order valence-electron chi connectivity index (χ4n) is 2.69. The van der Waals surface area contributed by atoms with Gasteiger partial charge >= 0.3 is 5.97 Å². The Labute approximate surface area is 167 Å². The molecule has 0 saturated heterocycles. The van der Waals surface area contributed by atoms with E-state index in [0.717, 1.165) is 16.7 Å². The molecular formula is C21H20ClNO5. The predicted molar refractivity (Wildman–Crippen MR) is 105 cm³/mol. The van der Waals surface area contributed by atoms with Crippen molar-refractivity contribution in [3.05, 3.63) is 65.0 Å². The SMILES string of the molecule is COc1cc(CCl)ccc1OCc1nc(-c2ccc(CC(=O)O)cc2)oc1C. The second-order valence-electron chi connectivity index (χ2n) is 6.20. The standard InChI is InChI=1S/C21H20ClNO5/c1-13-17(12-27-18-8-5-15(11-22)9-19(18)26-2)23-21(28-13)16-6-3-14(4-7-16)10-20(24)25/h3-9H,10-12H2,1-2H3,(H,24,25). The zero-order chi connectivity index (χ0) is 20.1. The van der Waals surface area contributed by atoms with Gasteiger partial charge in [-0.25, -0.2) is 4.98 Å². The van der Waals surface area contributed by atoms with Gasteiger partial charge in [0.1, 0.15) is 18.1 Å². The number of hydrogen-bond acceptors (Lipinski definition) is 5. The number of oxazole rings is 1. The number of aliphatic carboxylic acids is 1. The quantitative estimate of drug-likeness (QED) is 0.555. The molecule has 0 fully saturated rings. The number of nitrogens with zero attached hydrogens (tertiary/aromatic N) is 1. The largest absolute Gasteiger partial charge is 0.493 e. The Balaban J connectivity index is 1.73. The topological polar surface area (TPSA) is 81.8 Å². The van der Waals surface area contributed by atoms with Gasteiger partial charge in [0.25, 0.3) is 0 Å². The molecule has 0 aliphatic carbocycles. The molecule has 0 amide bonds. The van der Waals surface area contributed by atoms with Crippen LogP contribution in [0.5, 0.6) is 11.5 Å². The summed E-state index contributed by atoms with van der Waals surface area (Å²) in [6, 6.07) is 12.6. The number of methoxy groups -OCH3 is 1. The molecule has 7 heteroatoms. The van der Waals surface area contributed by atoms with Gasteiger partial charge in [-0.1, -0.05) is 18.2 Å². The molecule has 1 aromatic heterocycles. The molecule has 0 aliphatic rings. The van der Waals surface area contributed by atoms with Gasteiger partial charge in [0, 0.05) is 11.4 Å². The number of carboxylic acids is 1. The van der Waals surface area contributed by atoms with Crippen molar-refractivity contribution in [1.82, 2.24) is 4.98 Å². The molecule has 6 nitrogen and oxygen atoms in total. The van der Waals surface area contributed by atoms with Gasteiger partial charge < -0.3 is 19.0 Å². The van der Waals surface area contributed by atoms with Crippen molar-refractivity contribution in [1.29, 1.82) is 0 Å². The molecule has 0 aliphatic heterocycles. The molecule has 0 spiro atoms. The Morgan fingerprint density at radius 2 is 1.86 bits per heavy atom. The smallest absolute Gasteiger partial charge is 0.307 e. The van der Waals surface area contributed by atoms with E-state index in [2.05, 4.69) is 4.98 Å². The maximum absolute atomic E-state index is 10.8. The van der Waals surface area contributed by atoms with Gasteiger partial charge in [-0.15, -0.1) is 11.6 Å². The molecule has 0 saturated carbocycles. The van der Waals surface area contributed by atoms with Crippen molar-refractivity contribution < 1.29 is 23.8 Å². The Kier molecular flexibility index (Phi) is 6.21. The van der Waals surface area contributed by atoms with Crippen LogP contribution in [0, 0.1) is 6.92 Å². The summed E-state index contributed by atoms with van der Waals surface area (Å²) < 4.78 is 16.9. The van der Waals surface area contributed by atoms with Gasteiger partial charge in [-0.05, 0) is 42.3 Å². The molecule has 28 heavy (non-hydrogen) atoms. The highest BCUT2D eigenvalue weighted by molar-refractivity contribution is 6.17. The average molecular weight is 402 g/mol. The van der Waals surface area contributed by atoms with E-state index in [9.17, 15) is 4.79 Å². The Morgan fingerprint density at radius 3 is 2.50 bits per heavy atom. The number of carboxylic acid groups (broad SMARTS) is 1. The highest BCUT2D eigenvalue weighted by atomic mass is 35.5. The molecule has 3 rings (SSSR count). The monoisotopic (exact) mass is 401 g/mol. The fourth-order valence-corrected chi connectivity index (χ4v) is 2.85. The maximum atomic E-state index is 10.8. The van der Waals surface area contributed by atoms with Gasteiger partial charge in [0.2, 0.25) is 5.89 Å². The Hall–Kier alpha value is -2.99. The number of hydrogen-bond donors (Lipinski definition) is 1. The van der Waals surface area contributed by atoms with E-state index in [-0.39, 0.29) is 13.0 Å². The third-order valence-corrected chi connectivity index (χ3v) is 4.50. The van der Waals surface area contributed by atoms with E-state index in [1.165, 1.54) is 0 Å². The molecule has 2 aromatic carbocycles. The lowest BCUT2D eigenvalue weighted by atomic mass is 10.1. The number of carbonyl (C=O) groups is 1. The molecule has 1 N–H and O–H groups in total. The van der Waals surface area contributed by atoms with Crippen LogP contribution in [0.4, 0.5) is 0 Å². The normalized spacial score (nSPS) is 10.7. The van der Waals surface area contributed by atoms with E-state index in [1.54, 1.807) is 31.4 Å². The number of rotatable bonds is 8. The predicted octanol–water partition coefficient (Wildman–Crippen LogP) is 4.60. The molecule has 1 heterocycles. The first-order chi connectivity index (χ1) is 13.5. The number of aromatic nitrogens is 1. The van der Waals surface area contributed by atoms with E-state index >= 15 is 0 Å². The molecule has 0 radical (unpaired) electrons. The first-order valence-electron chi connectivity index (χ1n) is 8.63. The van der Waals surface area contributed by atoms with Crippen molar-refractivity contribution in [3.8, 4) is 23.0 Å². The number of alkyl halides is 1. The van der Waals surface area contributed by atoms with Crippen molar-refractivity contribution in [2.45, 2.75) is 25.8 Å². The minimum atomic E-state index is -0.867. The summed E-state index contributed by atoms with van der Waals surface area (Å²) in [4.78, 5) is 15.3. The van der Waals surface area contributed by atoms with Gasteiger partial charge in [0.05, 0.1) is 13.5 Å². The van der Waals surface area contributed by atoms with E-state index in [1.807, 2.05) is 25.1 Å². The molecule has 0 unspecified atom stereocenters. The minimum absolute atomic E-state index is 0.0195. The van der Waals surface area contributed by atoms with Gasteiger partial charge in [0.15, 0.2) is 11.5 Å². The number of ether oxygens (including phenoxy) is 2. The molecular weight excluding hydrogens is 382 g/mol. The van der Waals surface area contributed by atoms with Crippen LogP contribution in [0.3, 0.4) is 0 Å². The van der Waals surface area contributed by atoms with Crippen molar-refractivity contribution in [3.63, 3.8) is 0 Å². The molecule has 146 valence electrons. The maximum Gasteiger partial charge on any atom is 0.307 e. The second kappa shape index (κ2) is 8.80. The Morgan fingerprint density at radius 1 is 1.14 bits per heavy atom. The average Bonchev–Trinajstić information content (AvgIpc) is 3.07. The number of aryl methyl sites for hydroxylation is 1. The summed E-state index contributed by atoms with van der Waals surface area (Å²) >= 11 is 5.85. The highest BCUT2D eigenvalue weighted by Gasteiger charge is 2.14. The lowest BCUT2D eigenvalue weighted by molar-refractivity contribution is -0.136. The zero-order valence-corrected chi connectivity index (χ0v) is 16.3. The van der Waals surface area contributed by atoms with Crippen LogP contribution in [-0.2, 0) is 23.7 Å². The van der Waals surface area contributed by atoms with Crippen LogP contribution in [0.1, 0.15) is 22.6 Å². The number of benzene rings is 2. The van der Waals surface area contributed by atoms with Gasteiger partial charge in [-0.3, -0.25) is 4.79 Å². The van der Waals surface area contributed by atoms with Gasteiger partial charge in [-0.2, -0.15) is 0 Å². The summed E-state index contributed by atoms with van der Waals surface area (Å²) in [5.41, 5.74) is 3.10. The van der Waals surface area contributed by atoms with Crippen LogP contribution < -0.4 is 9.47 Å². The summed E-state index contributed by atoms with van der Waals surface area (Å²) in [6.45, 7) is 2.05. The summed E-state index contributed by atoms with van der Waals surface area (Å²) in [6.07, 6.45) is -0.0195. The van der Waals surface area contributed by atoms with Crippen molar-refractivity contribution in [2.24, 2.45) is 0 Å². The van der Waals surface area contributed by atoms with E-state index in [0.29, 0.717) is 34.7 Å². The zero-order valence-electron chi connectivity index (χ0n) is 15.6. The Bertz CT molecular complexity index is 965. The van der Waals surface area contributed by atoms with Crippen LogP contribution in [0.25, 0.3) is 11.5 Å². The van der Waals surface area contributed by atoms with E-state index in [4.69, 9.17) is 30.6 Å². The lowest BCUT2D eigenvalue weighted by Crippen LogP contribution is -2.00. The first-order valence-corrected chi connectivity index (χ1v) is 9.16. The third kappa shape index (κ3) is 4.64. The third-order valence-electron chi connectivity index (χ3n) is 4.20. The van der Waals surface area contributed by atoms with Crippen LogP contribution >= 0.6 is 11.6 Å². The van der Waals surface area contributed by atoms with Crippen LogP contribution in [0.15, 0.2) is 46.9 Å².